The van der Waals surface area contributed by atoms with E-state index in [1.54, 1.807) is 31.3 Å². The second-order valence-corrected chi connectivity index (χ2v) is 10.00. The Kier molecular flexibility index (Phi) is 8.16. The maximum absolute atomic E-state index is 14.2. The van der Waals surface area contributed by atoms with Crippen molar-refractivity contribution in [1.82, 2.24) is 10.3 Å². The monoisotopic (exact) mass is 525 g/mol. The number of nitrogens with zero attached hydrogens (tertiary/aromatic N) is 1. The van der Waals surface area contributed by atoms with Crippen molar-refractivity contribution in [2.24, 2.45) is 0 Å². The number of hydrogen-bond donors (Lipinski definition) is 2. The number of rotatable bonds is 9. The minimum atomic E-state index is -0.896. The van der Waals surface area contributed by atoms with Crippen LogP contribution in [0, 0.1) is 0 Å². The van der Waals surface area contributed by atoms with Crippen LogP contribution in [0.25, 0.3) is 10.9 Å². The number of anilines is 1. The van der Waals surface area contributed by atoms with Gasteiger partial charge in [0.15, 0.2) is 11.5 Å². The second-order valence-electron chi connectivity index (χ2n) is 10.00. The van der Waals surface area contributed by atoms with Gasteiger partial charge < -0.3 is 19.8 Å². The number of para-hydroxylation sites is 2. The first-order valence-electron chi connectivity index (χ1n) is 13.5. The average Bonchev–Trinajstić information content (AvgIpc) is 3.38. The summed E-state index contributed by atoms with van der Waals surface area (Å²) >= 11 is 0. The standard InChI is InChI=1S/C32H35N3O4/c1-38-28-18-17-22(19-29(28)39-2)31(32(37)34-24-11-5-3-6-12-24)35(25-13-7-4-8-14-25)30(36)20-23-21-33-27-16-10-9-15-26(23)27/h4,7-10,13-19,21,24,31,33H,3,5-6,11-12,20H2,1-2H3,(H,34,37). The lowest BCUT2D eigenvalue weighted by atomic mass is 9.94. The molecule has 1 unspecified atom stereocenters. The fourth-order valence-electron chi connectivity index (χ4n) is 5.52. The zero-order valence-electron chi connectivity index (χ0n) is 22.5. The van der Waals surface area contributed by atoms with Crippen LogP contribution in [0.4, 0.5) is 5.69 Å². The lowest BCUT2D eigenvalue weighted by Crippen LogP contribution is -2.47. The molecule has 202 valence electrons. The Balaban J connectivity index is 1.58. The molecule has 1 aliphatic carbocycles. The third kappa shape index (κ3) is 5.77. The van der Waals surface area contributed by atoms with Gasteiger partial charge in [0.1, 0.15) is 6.04 Å². The summed E-state index contributed by atoms with van der Waals surface area (Å²) in [4.78, 5) is 33.2. The van der Waals surface area contributed by atoms with Gasteiger partial charge in [0.25, 0.3) is 0 Å². The Bertz CT molecular complexity index is 1430. The van der Waals surface area contributed by atoms with Crippen molar-refractivity contribution in [3.05, 3.63) is 90.1 Å². The van der Waals surface area contributed by atoms with Crippen molar-refractivity contribution in [3.8, 4) is 11.5 Å². The van der Waals surface area contributed by atoms with E-state index in [9.17, 15) is 9.59 Å². The minimum Gasteiger partial charge on any atom is -0.493 e. The molecule has 1 heterocycles. The highest BCUT2D eigenvalue weighted by Crippen LogP contribution is 2.35. The highest BCUT2D eigenvalue weighted by molar-refractivity contribution is 6.03. The Morgan fingerprint density at radius 1 is 0.923 bits per heavy atom. The highest BCUT2D eigenvalue weighted by Gasteiger charge is 2.35. The third-order valence-electron chi connectivity index (χ3n) is 7.50. The molecule has 1 aromatic heterocycles. The summed E-state index contributed by atoms with van der Waals surface area (Å²) in [5, 5.41) is 4.26. The normalized spacial score (nSPS) is 14.5. The first-order valence-corrected chi connectivity index (χ1v) is 13.5. The highest BCUT2D eigenvalue weighted by atomic mass is 16.5. The fraction of sp³-hybridized carbons (Fsp3) is 0.312. The number of carbonyl (C=O) groups is 2. The number of hydrogen-bond acceptors (Lipinski definition) is 4. The molecule has 2 N–H and O–H groups in total. The van der Waals surface area contributed by atoms with Crippen molar-refractivity contribution in [1.29, 1.82) is 0 Å². The van der Waals surface area contributed by atoms with E-state index in [4.69, 9.17) is 9.47 Å². The smallest absolute Gasteiger partial charge is 0.248 e. The molecule has 1 saturated carbocycles. The van der Waals surface area contributed by atoms with E-state index in [0.717, 1.165) is 42.1 Å². The van der Waals surface area contributed by atoms with E-state index >= 15 is 0 Å². The molecule has 0 spiro atoms. The molecule has 1 atom stereocenters. The van der Waals surface area contributed by atoms with Gasteiger partial charge in [-0.2, -0.15) is 0 Å². The maximum atomic E-state index is 14.2. The fourth-order valence-corrected chi connectivity index (χ4v) is 5.52. The summed E-state index contributed by atoms with van der Waals surface area (Å²) in [6, 6.07) is 21.9. The lowest BCUT2D eigenvalue weighted by molar-refractivity contribution is -0.127. The summed E-state index contributed by atoms with van der Waals surface area (Å²) in [5.74, 6) is 0.682. The predicted molar refractivity (Wildman–Crippen MR) is 153 cm³/mol. The van der Waals surface area contributed by atoms with Gasteiger partial charge in [-0.1, -0.05) is 61.7 Å². The number of aromatic amines is 1. The minimum absolute atomic E-state index is 0.0928. The number of amides is 2. The molecular formula is C32H35N3O4. The third-order valence-corrected chi connectivity index (χ3v) is 7.50. The van der Waals surface area contributed by atoms with E-state index in [-0.39, 0.29) is 24.3 Å². The Labute approximate surface area is 229 Å². The van der Waals surface area contributed by atoms with Gasteiger partial charge in [0.2, 0.25) is 11.8 Å². The molecule has 4 aromatic rings. The van der Waals surface area contributed by atoms with E-state index in [1.807, 2.05) is 66.9 Å². The molecule has 2 amide bonds. The number of fused-ring (bicyclic) bond motifs is 1. The van der Waals surface area contributed by atoms with Crippen LogP contribution in [0.15, 0.2) is 79.0 Å². The average molecular weight is 526 g/mol. The number of benzene rings is 3. The molecule has 7 nitrogen and oxygen atoms in total. The van der Waals surface area contributed by atoms with E-state index in [1.165, 1.54) is 6.42 Å². The van der Waals surface area contributed by atoms with E-state index < -0.39 is 6.04 Å². The molecule has 5 rings (SSSR count). The summed E-state index contributed by atoms with van der Waals surface area (Å²) in [6.45, 7) is 0. The van der Waals surface area contributed by atoms with Crippen LogP contribution >= 0.6 is 0 Å². The van der Waals surface area contributed by atoms with Crippen molar-refractivity contribution >= 4 is 28.4 Å². The molecular weight excluding hydrogens is 490 g/mol. The van der Waals surface area contributed by atoms with Gasteiger partial charge >= 0.3 is 0 Å². The topological polar surface area (TPSA) is 83.7 Å². The summed E-state index contributed by atoms with van der Waals surface area (Å²) in [5.41, 5.74) is 3.16. The van der Waals surface area contributed by atoms with Gasteiger partial charge in [-0.3, -0.25) is 14.5 Å². The van der Waals surface area contributed by atoms with Crippen molar-refractivity contribution < 1.29 is 19.1 Å². The first-order chi connectivity index (χ1) is 19.1. The van der Waals surface area contributed by atoms with Crippen LogP contribution in [0.2, 0.25) is 0 Å². The molecule has 3 aromatic carbocycles. The van der Waals surface area contributed by atoms with Crippen molar-refractivity contribution in [3.63, 3.8) is 0 Å². The van der Waals surface area contributed by atoms with Crippen molar-refractivity contribution in [2.75, 3.05) is 19.1 Å². The largest absolute Gasteiger partial charge is 0.493 e. The number of H-pyrrole nitrogens is 1. The molecule has 0 saturated heterocycles. The number of aromatic nitrogens is 1. The van der Waals surface area contributed by atoms with Crippen LogP contribution in [-0.4, -0.2) is 37.1 Å². The number of nitrogens with one attached hydrogen (secondary N) is 2. The zero-order valence-corrected chi connectivity index (χ0v) is 22.5. The zero-order chi connectivity index (χ0) is 27.2. The number of carbonyl (C=O) groups excluding carboxylic acids is 2. The number of methoxy groups -OCH3 is 2. The van der Waals surface area contributed by atoms with Gasteiger partial charge in [-0.25, -0.2) is 0 Å². The van der Waals surface area contributed by atoms with Crippen LogP contribution in [0.5, 0.6) is 11.5 Å². The van der Waals surface area contributed by atoms with Crippen LogP contribution in [-0.2, 0) is 16.0 Å². The summed E-state index contributed by atoms with van der Waals surface area (Å²) in [7, 11) is 3.14. The maximum Gasteiger partial charge on any atom is 0.248 e. The van der Waals surface area contributed by atoms with E-state index in [0.29, 0.717) is 22.7 Å². The molecule has 7 heteroatoms. The molecule has 0 aliphatic heterocycles. The van der Waals surface area contributed by atoms with Gasteiger partial charge in [-0.05, 0) is 54.3 Å². The molecule has 0 radical (unpaired) electrons. The van der Waals surface area contributed by atoms with E-state index in [2.05, 4.69) is 10.3 Å². The summed E-state index contributed by atoms with van der Waals surface area (Å²) < 4.78 is 11.0. The Morgan fingerprint density at radius 3 is 2.38 bits per heavy atom. The van der Waals surface area contributed by atoms with Gasteiger partial charge in [-0.15, -0.1) is 0 Å². The van der Waals surface area contributed by atoms with Gasteiger partial charge in [0, 0.05) is 28.8 Å². The predicted octanol–water partition coefficient (Wildman–Crippen LogP) is 5.95. The lowest BCUT2D eigenvalue weighted by Gasteiger charge is -2.33. The summed E-state index contributed by atoms with van der Waals surface area (Å²) in [6.07, 6.45) is 7.27. The molecule has 39 heavy (non-hydrogen) atoms. The molecule has 1 fully saturated rings. The van der Waals surface area contributed by atoms with Crippen LogP contribution in [0.3, 0.4) is 0 Å². The Morgan fingerprint density at radius 2 is 1.64 bits per heavy atom. The Hall–Kier alpha value is -4.26. The number of ether oxygens (including phenoxy) is 2. The SMILES string of the molecule is COc1ccc(C(C(=O)NC2CCCCC2)N(C(=O)Cc2c[nH]c3ccccc23)c2ccccc2)cc1OC. The second kappa shape index (κ2) is 12.1. The van der Waals surface area contributed by atoms with Gasteiger partial charge in [0.05, 0.1) is 20.6 Å². The molecule has 1 aliphatic rings. The quantitative estimate of drug-likeness (QED) is 0.283. The van der Waals surface area contributed by atoms with Crippen LogP contribution < -0.4 is 19.7 Å². The van der Waals surface area contributed by atoms with Crippen molar-refractivity contribution in [2.45, 2.75) is 50.6 Å². The van der Waals surface area contributed by atoms with Crippen LogP contribution in [0.1, 0.15) is 49.3 Å². The molecule has 0 bridgehead atoms. The first kappa shape index (κ1) is 26.4.